The second kappa shape index (κ2) is 6.77. The highest BCUT2D eigenvalue weighted by Crippen LogP contribution is 2.22. The first-order valence-corrected chi connectivity index (χ1v) is 6.99. The number of aryl methyl sites for hydroxylation is 1. The summed E-state index contributed by atoms with van der Waals surface area (Å²) in [6.07, 6.45) is 1.32. The first-order chi connectivity index (χ1) is 10.4. The van der Waals surface area contributed by atoms with Gasteiger partial charge in [-0.15, -0.1) is 0 Å². The molecule has 0 radical (unpaired) electrons. The monoisotopic (exact) mass is 338 g/mol. The Morgan fingerprint density at radius 1 is 1.18 bits per heavy atom. The highest BCUT2D eigenvalue weighted by molar-refractivity contribution is 6.41. The van der Waals surface area contributed by atoms with Crippen LogP contribution in [0.3, 0.4) is 0 Å². The van der Waals surface area contributed by atoms with Crippen LogP contribution in [0.4, 0.5) is 5.69 Å². The van der Waals surface area contributed by atoms with E-state index in [-0.39, 0.29) is 15.7 Å². The molecule has 0 bridgehead atoms. The Kier molecular flexibility index (Phi) is 5.00. The molecule has 2 rings (SSSR count). The maximum atomic E-state index is 12.2. The van der Waals surface area contributed by atoms with Crippen LogP contribution in [0.15, 0.2) is 30.5 Å². The Morgan fingerprint density at radius 2 is 1.91 bits per heavy atom. The lowest BCUT2D eigenvalue weighted by Crippen LogP contribution is -2.14. The summed E-state index contributed by atoms with van der Waals surface area (Å²) in [5.41, 5.74) is 1.90. The number of amides is 1. The number of pyridine rings is 1. The summed E-state index contributed by atoms with van der Waals surface area (Å²) in [4.78, 5) is 27.6. The lowest BCUT2D eigenvalue weighted by Gasteiger charge is -2.10. The summed E-state index contributed by atoms with van der Waals surface area (Å²) in [7, 11) is 1.29. The van der Waals surface area contributed by atoms with Crippen molar-refractivity contribution < 1.29 is 14.3 Å². The van der Waals surface area contributed by atoms with Crippen molar-refractivity contribution in [3.63, 3.8) is 0 Å². The number of nitrogens with zero attached hydrogens (tertiary/aromatic N) is 1. The van der Waals surface area contributed by atoms with E-state index in [2.05, 4.69) is 15.0 Å². The number of hydrogen-bond acceptors (Lipinski definition) is 4. The Bertz CT molecular complexity index is 748. The number of aromatic nitrogens is 1. The third-order valence-electron chi connectivity index (χ3n) is 2.97. The molecule has 0 aliphatic heterocycles. The minimum absolute atomic E-state index is 0.127. The number of anilines is 1. The highest BCUT2D eigenvalue weighted by Gasteiger charge is 2.13. The fourth-order valence-corrected chi connectivity index (χ4v) is 2.01. The largest absolute Gasteiger partial charge is 0.465 e. The zero-order valence-electron chi connectivity index (χ0n) is 11.8. The van der Waals surface area contributed by atoms with Gasteiger partial charge in [0.05, 0.1) is 23.3 Å². The quantitative estimate of drug-likeness (QED) is 0.683. The number of nitrogens with one attached hydrogen (secondary N) is 1. The Hall–Kier alpha value is -2.11. The Morgan fingerprint density at radius 3 is 2.55 bits per heavy atom. The zero-order valence-corrected chi connectivity index (χ0v) is 13.3. The second-order valence-electron chi connectivity index (χ2n) is 4.47. The number of halogens is 2. The number of esters is 1. The van der Waals surface area contributed by atoms with E-state index in [9.17, 15) is 9.59 Å². The third-order valence-corrected chi connectivity index (χ3v) is 3.65. The standard InChI is InChI=1S/C15H12Cl2N2O3/c1-8-3-4-9(15(21)22-2)6-12(8)19-14(20)10-5-11(16)13(17)18-7-10/h3-7H,1-2H3,(H,19,20). The van der Waals surface area contributed by atoms with Gasteiger partial charge in [-0.25, -0.2) is 9.78 Å². The van der Waals surface area contributed by atoms with Crippen molar-refractivity contribution in [3.8, 4) is 0 Å². The van der Waals surface area contributed by atoms with Crippen LogP contribution >= 0.6 is 23.2 Å². The van der Waals surface area contributed by atoms with Gasteiger partial charge in [0.25, 0.3) is 5.91 Å². The molecule has 1 aromatic carbocycles. The number of methoxy groups -OCH3 is 1. The lowest BCUT2D eigenvalue weighted by atomic mass is 10.1. The SMILES string of the molecule is COC(=O)c1ccc(C)c(NC(=O)c2cnc(Cl)c(Cl)c2)c1. The molecule has 0 aliphatic carbocycles. The molecule has 1 heterocycles. The van der Waals surface area contributed by atoms with E-state index in [0.717, 1.165) is 5.56 Å². The van der Waals surface area contributed by atoms with Crippen molar-refractivity contribution in [1.82, 2.24) is 4.98 Å². The van der Waals surface area contributed by atoms with Crippen LogP contribution in [0.1, 0.15) is 26.3 Å². The number of carbonyl (C=O) groups excluding carboxylic acids is 2. The molecule has 0 aliphatic rings. The van der Waals surface area contributed by atoms with Crippen molar-refractivity contribution in [2.45, 2.75) is 6.92 Å². The van der Waals surface area contributed by atoms with Crippen molar-refractivity contribution in [2.75, 3.05) is 12.4 Å². The molecule has 0 saturated heterocycles. The summed E-state index contributed by atoms with van der Waals surface area (Å²) < 4.78 is 4.66. The van der Waals surface area contributed by atoms with E-state index >= 15 is 0 Å². The van der Waals surface area contributed by atoms with Crippen LogP contribution < -0.4 is 5.32 Å². The van der Waals surface area contributed by atoms with Crippen LogP contribution in [-0.4, -0.2) is 24.0 Å². The molecule has 2 aromatic rings. The van der Waals surface area contributed by atoms with Crippen LogP contribution in [0.5, 0.6) is 0 Å². The summed E-state index contributed by atoms with van der Waals surface area (Å²) in [6, 6.07) is 6.31. The number of ether oxygens (including phenoxy) is 1. The molecular weight excluding hydrogens is 327 g/mol. The van der Waals surface area contributed by atoms with Gasteiger partial charge in [0.2, 0.25) is 0 Å². The van der Waals surface area contributed by atoms with Crippen LogP contribution in [0, 0.1) is 6.92 Å². The molecule has 0 atom stereocenters. The van der Waals surface area contributed by atoms with Gasteiger partial charge in [-0.1, -0.05) is 29.3 Å². The zero-order chi connectivity index (χ0) is 16.3. The summed E-state index contributed by atoms with van der Waals surface area (Å²) in [5, 5.41) is 3.02. The maximum absolute atomic E-state index is 12.2. The molecular formula is C15H12Cl2N2O3. The molecule has 0 fully saturated rings. The molecule has 0 unspecified atom stereocenters. The van der Waals surface area contributed by atoms with Gasteiger partial charge in [-0.3, -0.25) is 4.79 Å². The summed E-state index contributed by atoms with van der Waals surface area (Å²) >= 11 is 11.6. The first-order valence-electron chi connectivity index (χ1n) is 6.23. The lowest BCUT2D eigenvalue weighted by molar-refractivity contribution is 0.0600. The van der Waals surface area contributed by atoms with Crippen LogP contribution in [-0.2, 0) is 4.74 Å². The predicted octanol–water partition coefficient (Wildman–Crippen LogP) is 3.74. The Labute approximate surface area is 137 Å². The molecule has 114 valence electrons. The number of carbonyl (C=O) groups is 2. The molecule has 0 saturated carbocycles. The Balaban J connectivity index is 2.27. The van der Waals surface area contributed by atoms with Crippen LogP contribution in [0.25, 0.3) is 0 Å². The smallest absolute Gasteiger partial charge is 0.337 e. The van der Waals surface area contributed by atoms with Gasteiger partial charge in [-0.05, 0) is 30.7 Å². The van der Waals surface area contributed by atoms with E-state index in [1.54, 1.807) is 18.2 Å². The number of hydrogen-bond donors (Lipinski definition) is 1. The minimum atomic E-state index is -0.480. The maximum Gasteiger partial charge on any atom is 0.337 e. The molecule has 7 heteroatoms. The van der Waals surface area contributed by atoms with Gasteiger partial charge in [0.1, 0.15) is 5.15 Å². The van der Waals surface area contributed by atoms with Crippen molar-refractivity contribution >= 4 is 40.8 Å². The minimum Gasteiger partial charge on any atom is -0.465 e. The average molecular weight is 339 g/mol. The molecule has 5 nitrogen and oxygen atoms in total. The van der Waals surface area contributed by atoms with E-state index in [1.807, 2.05) is 6.92 Å². The molecule has 1 aromatic heterocycles. The third kappa shape index (κ3) is 3.55. The van der Waals surface area contributed by atoms with E-state index < -0.39 is 11.9 Å². The van der Waals surface area contributed by atoms with E-state index in [4.69, 9.17) is 23.2 Å². The normalized spacial score (nSPS) is 10.2. The number of benzene rings is 1. The van der Waals surface area contributed by atoms with Gasteiger partial charge in [0.15, 0.2) is 0 Å². The fourth-order valence-electron chi connectivity index (χ4n) is 1.74. The topological polar surface area (TPSA) is 68.3 Å². The second-order valence-corrected chi connectivity index (χ2v) is 5.24. The average Bonchev–Trinajstić information content (AvgIpc) is 2.51. The molecule has 1 N–H and O–H groups in total. The van der Waals surface area contributed by atoms with E-state index in [0.29, 0.717) is 11.3 Å². The van der Waals surface area contributed by atoms with Gasteiger partial charge in [-0.2, -0.15) is 0 Å². The molecule has 1 amide bonds. The molecule has 22 heavy (non-hydrogen) atoms. The molecule has 0 spiro atoms. The summed E-state index contributed by atoms with van der Waals surface area (Å²) in [6.45, 7) is 1.81. The summed E-state index contributed by atoms with van der Waals surface area (Å²) in [5.74, 6) is -0.886. The predicted molar refractivity (Wildman–Crippen MR) is 84.7 cm³/mol. The van der Waals surface area contributed by atoms with E-state index in [1.165, 1.54) is 19.4 Å². The van der Waals surface area contributed by atoms with Crippen molar-refractivity contribution in [2.24, 2.45) is 0 Å². The van der Waals surface area contributed by atoms with Gasteiger partial charge in [0, 0.05) is 11.9 Å². The van der Waals surface area contributed by atoms with Crippen LogP contribution in [0.2, 0.25) is 10.2 Å². The fraction of sp³-hybridized carbons (Fsp3) is 0.133. The van der Waals surface area contributed by atoms with Gasteiger partial charge < -0.3 is 10.1 Å². The first kappa shape index (κ1) is 16.3. The van der Waals surface area contributed by atoms with Crippen molar-refractivity contribution in [3.05, 3.63) is 57.3 Å². The van der Waals surface area contributed by atoms with Gasteiger partial charge >= 0.3 is 5.97 Å². The highest BCUT2D eigenvalue weighted by atomic mass is 35.5. The number of rotatable bonds is 3. The van der Waals surface area contributed by atoms with Crippen molar-refractivity contribution in [1.29, 1.82) is 0 Å².